The first kappa shape index (κ1) is 28.9. The Morgan fingerprint density at radius 2 is 1.82 bits per heavy atom. The van der Waals surface area contributed by atoms with Crippen molar-refractivity contribution < 1.29 is 22.8 Å². The Balaban J connectivity index is 1.26. The van der Waals surface area contributed by atoms with E-state index < -0.39 is 10.2 Å². The lowest BCUT2D eigenvalue weighted by atomic mass is 9.47. The average molecular weight is 595 g/mol. The molecule has 13 heteroatoms. The summed E-state index contributed by atoms with van der Waals surface area (Å²) in [6.07, 6.45) is 5.25. The van der Waals surface area contributed by atoms with Crippen LogP contribution in [-0.2, 0) is 19.8 Å². The van der Waals surface area contributed by atoms with Gasteiger partial charge in [0.1, 0.15) is 0 Å². The third-order valence-corrected chi connectivity index (χ3v) is 11.1. The Labute approximate surface area is 240 Å². The van der Waals surface area contributed by atoms with Crippen molar-refractivity contribution in [3.05, 3.63) is 23.2 Å². The lowest BCUT2D eigenvalue weighted by molar-refractivity contribution is -0.134. The van der Waals surface area contributed by atoms with E-state index in [0.29, 0.717) is 30.3 Å². The van der Waals surface area contributed by atoms with Crippen LogP contribution in [0.2, 0.25) is 5.02 Å². The van der Waals surface area contributed by atoms with Crippen molar-refractivity contribution in [2.75, 3.05) is 35.8 Å². The molecular weight excluding hydrogens is 556 g/mol. The van der Waals surface area contributed by atoms with Gasteiger partial charge in [-0.2, -0.15) is 12.7 Å². The second-order valence-electron chi connectivity index (χ2n) is 12.3. The number of nitrogens with zero attached hydrogens (tertiary/aromatic N) is 2. The normalized spacial score (nSPS) is 32.5. The largest absolute Gasteiger partial charge is 0.370 e. The van der Waals surface area contributed by atoms with Crippen LogP contribution in [0, 0.1) is 29.1 Å². The molecule has 6 rings (SSSR count). The maximum atomic E-state index is 13.7. The van der Waals surface area contributed by atoms with Gasteiger partial charge >= 0.3 is 16.2 Å². The standard InChI is InChI=1S/C27H39ClN6O5S/c1-3-30-26(37)31-20-4-5-22(21(28)8-20)34-14-16(2)13-33(40(34,38)39)15-24(36)32-25-18-6-17-7-19(25)11-27(9-17,10-18)12-23(29)35/h4-5,8,16-19,25H,3,6-7,9-15H2,1-2H3,(H2,29,35)(H,32,36)(H2,30,31,37). The van der Waals surface area contributed by atoms with Crippen LogP contribution in [0.25, 0.3) is 0 Å². The van der Waals surface area contributed by atoms with Crippen LogP contribution in [0.15, 0.2) is 18.2 Å². The Morgan fingerprint density at radius 3 is 2.45 bits per heavy atom. The number of rotatable bonds is 8. The molecule has 0 spiro atoms. The van der Waals surface area contributed by atoms with Crippen molar-refractivity contribution in [2.24, 2.45) is 34.8 Å². The highest BCUT2D eigenvalue weighted by atomic mass is 35.5. The number of benzene rings is 1. The number of nitrogens with two attached hydrogens (primary N) is 1. The smallest absolute Gasteiger partial charge is 0.319 e. The molecule has 220 valence electrons. The minimum atomic E-state index is -4.03. The summed E-state index contributed by atoms with van der Waals surface area (Å²) in [5.41, 5.74) is 6.25. The van der Waals surface area contributed by atoms with E-state index in [1.54, 1.807) is 19.1 Å². The van der Waals surface area contributed by atoms with Gasteiger partial charge in [-0.1, -0.05) is 18.5 Å². The third-order valence-electron chi connectivity index (χ3n) is 9.01. The number of carbonyl (C=O) groups excluding carboxylic acids is 3. The number of primary amides is 1. The Bertz CT molecular complexity index is 1280. The highest BCUT2D eigenvalue weighted by Gasteiger charge is 2.56. The summed E-state index contributed by atoms with van der Waals surface area (Å²) in [4.78, 5) is 36.9. The predicted octanol–water partition coefficient (Wildman–Crippen LogP) is 2.67. The number of hydrogen-bond donors (Lipinski definition) is 4. The predicted molar refractivity (Wildman–Crippen MR) is 153 cm³/mol. The second kappa shape index (κ2) is 11.0. The summed E-state index contributed by atoms with van der Waals surface area (Å²) in [5, 5.41) is 8.65. The van der Waals surface area contributed by atoms with Crippen molar-refractivity contribution in [1.29, 1.82) is 0 Å². The van der Waals surface area contributed by atoms with Crippen molar-refractivity contribution in [1.82, 2.24) is 14.9 Å². The molecule has 1 aromatic carbocycles. The van der Waals surface area contributed by atoms with Crippen LogP contribution in [0.3, 0.4) is 0 Å². The molecule has 4 bridgehead atoms. The number of urea groups is 1. The molecule has 5 N–H and O–H groups in total. The fraction of sp³-hybridized carbons (Fsp3) is 0.667. The molecule has 0 radical (unpaired) electrons. The number of hydrogen-bond acceptors (Lipinski definition) is 5. The van der Waals surface area contributed by atoms with E-state index in [1.807, 2.05) is 6.92 Å². The molecule has 1 heterocycles. The molecule has 0 aromatic heterocycles. The van der Waals surface area contributed by atoms with E-state index in [9.17, 15) is 22.8 Å². The van der Waals surface area contributed by atoms with Crippen molar-refractivity contribution in [2.45, 2.75) is 58.4 Å². The van der Waals surface area contributed by atoms with Crippen LogP contribution in [0.1, 0.15) is 52.4 Å². The topological polar surface area (TPSA) is 154 Å². The molecule has 4 amide bonds. The third kappa shape index (κ3) is 5.75. The van der Waals surface area contributed by atoms with Crippen molar-refractivity contribution in [3.8, 4) is 0 Å². The monoisotopic (exact) mass is 594 g/mol. The zero-order valence-electron chi connectivity index (χ0n) is 23.0. The van der Waals surface area contributed by atoms with Gasteiger partial charge in [0.15, 0.2) is 0 Å². The van der Waals surface area contributed by atoms with E-state index in [0.717, 1.165) is 32.1 Å². The number of anilines is 2. The van der Waals surface area contributed by atoms with Gasteiger partial charge in [0, 0.05) is 37.8 Å². The second-order valence-corrected chi connectivity index (χ2v) is 14.6. The summed E-state index contributed by atoms with van der Waals surface area (Å²) in [5.74, 6) is 0.516. The molecule has 11 nitrogen and oxygen atoms in total. The van der Waals surface area contributed by atoms with Gasteiger partial charge in [0.2, 0.25) is 11.8 Å². The molecule has 1 aromatic rings. The zero-order chi connectivity index (χ0) is 28.8. The summed E-state index contributed by atoms with van der Waals surface area (Å²) < 4.78 is 29.8. The molecule has 3 unspecified atom stereocenters. The Hall–Kier alpha value is -2.57. The van der Waals surface area contributed by atoms with Crippen LogP contribution in [-0.4, -0.2) is 62.8 Å². The first-order valence-corrected chi connectivity index (χ1v) is 15.9. The number of halogens is 1. The highest BCUT2D eigenvalue weighted by molar-refractivity contribution is 7.90. The molecule has 4 saturated carbocycles. The Morgan fingerprint density at radius 1 is 1.12 bits per heavy atom. The van der Waals surface area contributed by atoms with Gasteiger partial charge in [-0.3, -0.25) is 13.9 Å². The van der Waals surface area contributed by atoms with Gasteiger partial charge in [-0.05, 0) is 86.3 Å². The van der Waals surface area contributed by atoms with Crippen LogP contribution in [0.5, 0.6) is 0 Å². The van der Waals surface area contributed by atoms with Crippen LogP contribution >= 0.6 is 11.6 Å². The van der Waals surface area contributed by atoms with Gasteiger partial charge < -0.3 is 21.7 Å². The average Bonchev–Trinajstić information content (AvgIpc) is 2.83. The SMILES string of the molecule is CCNC(=O)Nc1ccc(N2CC(C)CN(CC(=O)NC3C4CC5CC3CC(CC(N)=O)(C5)C4)S2(=O)=O)c(Cl)c1. The van der Waals surface area contributed by atoms with Crippen molar-refractivity contribution >= 4 is 51.0 Å². The summed E-state index contributed by atoms with van der Waals surface area (Å²) >= 11 is 6.49. The maximum Gasteiger partial charge on any atom is 0.319 e. The van der Waals surface area contributed by atoms with E-state index in [-0.39, 0.29) is 71.7 Å². The lowest BCUT2D eigenvalue weighted by Gasteiger charge is -2.60. The highest BCUT2D eigenvalue weighted by Crippen LogP contribution is 2.61. The molecule has 1 saturated heterocycles. The maximum absolute atomic E-state index is 13.7. The molecule has 4 aliphatic carbocycles. The summed E-state index contributed by atoms with van der Waals surface area (Å²) in [7, 11) is -4.03. The summed E-state index contributed by atoms with van der Waals surface area (Å²) in [6, 6.07) is 4.28. The zero-order valence-corrected chi connectivity index (χ0v) is 24.6. The molecule has 5 fully saturated rings. The quantitative estimate of drug-likeness (QED) is 0.364. The first-order chi connectivity index (χ1) is 18.9. The van der Waals surface area contributed by atoms with E-state index in [4.69, 9.17) is 17.3 Å². The van der Waals surface area contributed by atoms with Gasteiger partial charge in [-0.25, -0.2) is 4.79 Å². The molecule has 5 aliphatic rings. The lowest BCUT2D eigenvalue weighted by Crippen LogP contribution is -2.61. The minimum Gasteiger partial charge on any atom is -0.370 e. The van der Waals surface area contributed by atoms with Crippen molar-refractivity contribution in [3.63, 3.8) is 0 Å². The summed E-state index contributed by atoms with van der Waals surface area (Å²) in [6.45, 7) is 4.37. The van der Waals surface area contributed by atoms with Gasteiger partial charge in [-0.15, -0.1) is 0 Å². The molecule has 3 atom stereocenters. The number of nitrogens with one attached hydrogen (secondary N) is 3. The van der Waals surface area contributed by atoms with Crippen LogP contribution in [0.4, 0.5) is 16.2 Å². The van der Waals surface area contributed by atoms with Crippen LogP contribution < -0.4 is 26.0 Å². The Kier molecular flexibility index (Phi) is 7.97. The number of carbonyl (C=O) groups is 3. The first-order valence-electron chi connectivity index (χ1n) is 14.1. The van der Waals surface area contributed by atoms with E-state index in [2.05, 4.69) is 16.0 Å². The molecular formula is C27H39ClN6O5S. The number of amides is 4. The van der Waals surface area contributed by atoms with E-state index in [1.165, 1.54) is 14.7 Å². The fourth-order valence-corrected chi connectivity index (χ4v) is 10.1. The minimum absolute atomic E-state index is 0.00882. The van der Waals surface area contributed by atoms with E-state index >= 15 is 0 Å². The van der Waals surface area contributed by atoms with Gasteiger partial charge in [0.05, 0.1) is 17.3 Å². The fourth-order valence-electron chi connectivity index (χ4n) is 7.91. The van der Waals surface area contributed by atoms with Gasteiger partial charge in [0.25, 0.3) is 0 Å². The molecule has 40 heavy (non-hydrogen) atoms. The molecule has 1 aliphatic heterocycles.